The van der Waals surface area contributed by atoms with E-state index in [-0.39, 0.29) is 17.7 Å². The van der Waals surface area contributed by atoms with Crippen LogP contribution in [0, 0.1) is 5.92 Å². The summed E-state index contributed by atoms with van der Waals surface area (Å²) in [4.78, 5) is 28.4. The molecule has 2 amide bonds. The zero-order valence-corrected chi connectivity index (χ0v) is 15.1. The first-order valence-electron chi connectivity index (χ1n) is 8.49. The van der Waals surface area contributed by atoms with Gasteiger partial charge in [-0.05, 0) is 23.6 Å². The molecule has 2 rings (SSSR count). The first-order valence-corrected chi connectivity index (χ1v) is 8.86. The second-order valence-corrected chi connectivity index (χ2v) is 6.86. The fourth-order valence-electron chi connectivity index (χ4n) is 2.77. The predicted molar refractivity (Wildman–Crippen MR) is 95.7 cm³/mol. The van der Waals surface area contributed by atoms with Crippen LogP contribution in [0.25, 0.3) is 0 Å². The number of carbonyl (C=O) groups is 2. The average Bonchev–Trinajstić information content (AvgIpc) is 2.61. The summed E-state index contributed by atoms with van der Waals surface area (Å²) in [6.45, 7) is 6.25. The van der Waals surface area contributed by atoms with Gasteiger partial charge in [0.25, 0.3) is 0 Å². The molecule has 2 unspecified atom stereocenters. The molecule has 1 aliphatic rings. The van der Waals surface area contributed by atoms with Crippen LogP contribution >= 0.6 is 11.6 Å². The van der Waals surface area contributed by atoms with Crippen molar-refractivity contribution in [2.45, 2.75) is 32.7 Å². The molecule has 0 radical (unpaired) electrons. The van der Waals surface area contributed by atoms with E-state index in [1.54, 1.807) is 17.0 Å². The minimum Gasteiger partial charge on any atom is -0.339 e. The van der Waals surface area contributed by atoms with E-state index in [1.165, 1.54) is 0 Å². The molecule has 0 aliphatic carbocycles. The second-order valence-electron chi connectivity index (χ2n) is 6.42. The number of halogens is 1. The van der Waals surface area contributed by atoms with Crippen molar-refractivity contribution < 1.29 is 9.59 Å². The molecule has 0 spiro atoms. The highest BCUT2D eigenvalue weighted by Gasteiger charge is 2.29. The van der Waals surface area contributed by atoms with E-state index in [1.807, 2.05) is 30.9 Å². The van der Waals surface area contributed by atoms with E-state index in [0.717, 1.165) is 12.0 Å². The van der Waals surface area contributed by atoms with Gasteiger partial charge < -0.3 is 15.5 Å². The largest absolute Gasteiger partial charge is 0.339 e. The zero-order chi connectivity index (χ0) is 17.7. The third kappa shape index (κ3) is 4.71. The van der Waals surface area contributed by atoms with Gasteiger partial charge in [-0.25, -0.2) is 0 Å². The van der Waals surface area contributed by atoms with E-state index in [4.69, 9.17) is 17.3 Å². The Hall–Kier alpha value is -1.59. The molecule has 24 heavy (non-hydrogen) atoms. The van der Waals surface area contributed by atoms with Crippen LogP contribution in [0.4, 0.5) is 0 Å². The van der Waals surface area contributed by atoms with E-state index < -0.39 is 6.04 Å². The normalized spacial score (nSPS) is 17.5. The Morgan fingerprint density at radius 1 is 1.12 bits per heavy atom. The molecule has 1 fully saturated rings. The van der Waals surface area contributed by atoms with Crippen LogP contribution in [-0.2, 0) is 16.0 Å². The highest BCUT2D eigenvalue weighted by atomic mass is 35.5. The van der Waals surface area contributed by atoms with Gasteiger partial charge in [0.15, 0.2) is 0 Å². The van der Waals surface area contributed by atoms with Crippen molar-refractivity contribution in [1.82, 2.24) is 9.80 Å². The predicted octanol–water partition coefficient (Wildman–Crippen LogP) is 1.93. The van der Waals surface area contributed by atoms with Crippen molar-refractivity contribution in [2.75, 3.05) is 26.2 Å². The van der Waals surface area contributed by atoms with Crippen molar-refractivity contribution in [3.05, 3.63) is 34.9 Å². The molecule has 132 valence electrons. The van der Waals surface area contributed by atoms with Gasteiger partial charge in [0, 0.05) is 31.2 Å². The van der Waals surface area contributed by atoms with Crippen LogP contribution in [0.15, 0.2) is 24.3 Å². The van der Waals surface area contributed by atoms with Gasteiger partial charge in [0.1, 0.15) is 0 Å². The van der Waals surface area contributed by atoms with Crippen LogP contribution < -0.4 is 5.73 Å². The number of piperazine rings is 1. The summed E-state index contributed by atoms with van der Waals surface area (Å²) in [6.07, 6.45) is 1.24. The maximum absolute atomic E-state index is 12.4. The molecule has 1 aromatic rings. The lowest BCUT2D eigenvalue weighted by Gasteiger charge is -2.36. The van der Waals surface area contributed by atoms with Crippen LogP contribution in [0.5, 0.6) is 0 Å². The number of amides is 2. The fraction of sp³-hybridized carbons (Fsp3) is 0.556. The lowest BCUT2D eigenvalue weighted by atomic mass is 9.98. The lowest BCUT2D eigenvalue weighted by Crippen LogP contribution is -2.55. The molecule has 0 bridgehead atoms. The first-order chi connectivity index (χ1) is 11.4. The van der Waals surface area contributed by atoms with Crippen molar-refractivity contribution in [2.24, 2.45) is 11.7 Å². The summed E-state index contributed by atoms with van der Waals surface area (Å²) in [5.41, 5.74) is 6.97. The molecule has 2 N–H and O–H groups in total. The number of nitrogens with zero attached hydrogens (tertiary/aromatic N) is 2. The fourth-order valence-corrected chi connectivity index (χ4v) is 2.90. The Balaban J connectivity index is 1.84. The van der Waals surface area contributed by atoms with E-state index in [9.17, 15) is 9.59 Å². The van der Waals surface area contributed by atoms with Gasteiger partial charge >= 0.3 is 0 Å². The Labute approximate surface area is 148 Å². The van der Waals surface area contributed by atoms with Gasteiger partial charge in [0.2, 0.25) is 11.8 Å². The number of rotatable bonds is 5. The molecule has 5 nitrogen and oxygen atoms in total. The molecule has 0 saturated carbocycles. The summed E-state index contributed by atoms with van der Waals surface area (Å²) in [5.74, 6) is 0.242. The van der Waals surface area contributed by atoms with Crippen molar-refractivity contribution in [3.8, 4) is 0 Å². The quantitative estimate of drug-likeness (QED) is 0.881. The Morgan fingerprint density at radius 3 is 2.21 bits per heavy atom. The van der Waals surface area contributed by atoms with Gasteiger partial charge in [0.05, 0.1) is 12.5 Å². The van der Waals surface area contributed by atoms with Crippen LogP contribution in [0.3, 0.4) is 0 Å². The SMILES string of the molecule is CCC(C)C(N)C(=O)N1CCN(C(=O)Cc2ccc(Cl)cc2)CC1. The summed E-state index contributed by atoms with van der Waals surface area (Å²) < 4.78 is 0. The first kappa shape index (κ1) is 18.7. The van der Waals surface area contributed by atoms with Crippen LogP contribution in [-0.4, -0.2) is 53.8 Å². The molecular formula is C18H26ClN3O2. The molecule has 1 aliphatic heterocycles. The van der Waals surface area contributed by atoms with Crippen molar-refractivity contribution in [1.29, 1.82) is 0 Å². The Kier molecular flexibility index (Phi) is 6.63. The maximum Gasteiger partial charge on any atom is 0.239 e. The smallest absolute Gasteiger partial charge is 0.239 e. The number of hydrogen-bond acceptors (Lipinski definition) is 3. The van der Waals surface area contributed by atoms with E-state index >= 15 is 0 Å². The summed E-state index contributed by atoms with van der Waals surface area (Å²) >= 11 is 5.86. The topological polar surface area (TPSA) is 66.6 Å². The molecular weight excluding hydrogens is 326 g/mol. The molecule has 6 heteroatoms. The number of benzene rings is 1. The maximum atomic E-state index is 12.4. The van der Waals surface area contributed by atoms with Gasteiger partial charge in [-0.3, -0.25) is 9.59 Å². The zero-order valence-electron chi connectivity index (χ0n) is 14.4. The molecule has 1 heterocycles. The monoisotopic (exact) mass is 351 g/mol. The third-order valence-corrected chi connectivity index (χ3v) is 5.01. The lowest BCUT2D eigenvalue weighted by molar-refractivity contribution is -0.140. The molecule has 0 aromatic heterocycles. The van der Waals surface area contributed by atoms with Gasteiger partial charge in [-0.1, -0.05) is 44.0 Å². The van der Waals surface area contributed by atoms with E-state index in [2.05, 4.69) is 0 Å². The molecule has 2 atom stereocenters. The number of hydrogen-bond donors (Lipinski definition) is 1. The highest BCUT2D eigenvalue weighted by Crippen LogP contribution is 2.13. The standard InChI is InChI=1S/C18H26ClN3O2/c1-3-13(2)17(20)18(24)22-10-8-21(9-11-22)16(23)12-14-4-6-15(19)7-5-14/h4-7,13,17H,3,8-12,20H2,1-2H3. The summed E-state index contributed by atoms with van der Waals surface area (Å²) in [5, 5.41) is 0.663. The summed E-state index contributed by atoms with van der Waals surface area (Å²) in [6, 6.07) is 6.86. The van der Waals surface area contributed by atoms with Gasteiger partial charge in [-0.2, -0.15) is 0 Å². The van der Waals surface area contributed by atoms with Crippen molar-refractivity contribution in [3.63, 3.8) is 0 Å². The minimum atomic E-state index is -0.452. The Bertz CT molecular complexity index is 568. The molecule has 1 aromatic carbocycles. The second kappa shape index (κ2) is 8.49. The highest BCUT2D eigenvalue weighted by molar-refractivity contribution is 6.30. The van der Waals surface area contributed by atoms with Crippen LogP contribution in [0.1, 0.15) is 25.8 Å². The summed E-state index contributed by atoms with van der Waals surface area (Å²) in [7, 11) is 0. The van der Waals surface area contributed by atoms with E-state index in [0.29, 0.717) is 37.6 Å². The minimum absolute atomic E-state index is 0.00542. The van der Waals surface area contributed by atoms with Crippen molar-refractivity contribution >= 4 is 23.4 Å². The average molecular weight is 352 g/mol. The number of carbonyl (C=O) groups excluding carboxylic acids is 2. The number of nitrogens with two attached hydrogens (primary N) is 1. The molecule has 1 saturated heterocycles. The third-order valence-electron chi connectivity index (χ3n) is 4.75. The Morgan fingerprint density at radius 2 is 1.67 bits per heavy atom. The van der Waals surface area contributed by atoms with Gasteiger partial charge in [-0.15, -0.1) is 0 Å². The van der Waals surface area contributed by atoms with Crippen LogP contribution in [0.2, 0.25) is 5.02 Å².